The summed E-state index contributed by atoms with van der Waals surface area (Å²) in [5.41, 5.74) is 0. The van der Waals surface area contributed by atoms with E-state index in [1.165, 1.54) is 23.0 Å². The van der Waals surface area contributed by atoms with Crippen molar-refractivity contribution in [1.29, 1.82) is 0 Å². The zero-order chi connectivity index (χ0) is 12.1. The van der Waals surface area contributed by atoms with Crippen molar-refractivity contribution in [2.45, 2.75) is 17.4 Å². The van der Waals surface area contributed by atoms with E-state index in [1.807, 2.05) is 23.5 Å². The maximum atomic E-state index is 4.99. The number of nitrogens with zero attached hydrogens (tertiary/aromatic N) is 2. The molecule has 1 saturated heterocycles. The van der Waals surface area contributed by atoms with Gasteiger partial charge in [-0.25, -0.2) is 4.98 Å². The Bertz CT molecular complexity index is 347. The molecule has 0 aromatic carbocycles. The molecule has 0 bridgehead atoms. The van der Waals surface area contributed by atoms with Crippen LogP contribution < -0.4 is 5.32 Å². The first-order valence-corrected chi connectivity index (χ1v) is 8.48. The molecule has 1 N–H and O–H groups in total. The highest BCUT2D eigenvalue weighted by Crippen LogP contribution is 2.41. The van der Waals surface area contributed by atoms with E-state index in [0.717, 1.165) is 17.5 Å². The maximum Gasteiger partial charge on any atom is 0.202 e. The van der Waals surface area contributed by atoms with E-state index in [2.05, 4.69) is 21.6 Å². The predicted octanol–water partition coefficient (Wildman–Crippen LogP) is 2.51. The summed E-state index contributed by atoms with van der Waals surface area (Å²) in [4.78, 5) is 4.56. The van der Waals surface area contributed by atoms with E-state index in [4.69, 9.17) is 4.74 Å². The lowest BCUT2D eigenvalue weighted by atomic mass is 10.3. The van der Waals surface area contributed by atoms with Crippen molar-refractivity contribution in [2.75, 3.05) is 37.1 Å². The summed E-state index contributed by atoms with van der Waals surface area (Å²) in [5, 5.41) is 5.18. The lowest BCUT2D eigenvalue weighted by Crippen LogP contribution is -2.17. The fourth-order valence-electron chi connectivity index (χ4n) is 1.60. The van der Waals surface area contributed by atoms with Gasteiger partial charge in [-0.3, -0.25) is 0 Å². The normalized spacial score (nSPS) is 24.8. The second-order valence-electron chi connectivity index (χ2n) is 3.74. The van der Waals surface area contributed by atoms with Crippen LogP contribution in [0.5, 0.6) is 0 Å². The molecule has 2 heterocycles. The van der Waals surface area contributed by atoms with E-state index >= 15 is 0 Å². The van der Waals surface area contributed by atoms with Gasteiger partial charge in [0.1, 0.15) is 0 Å². The van der Waals surface area contributed by atoms with Crippen LogP contribution in [0.1, 0.15) is 18.0 Å². The van der Waals surface area contributed by atoms with Crippen molar-refractivity contribution in [2.24, 2.45) is 0 Å². The van der Waals surface area contributed by atoms with Crippen LogP contribution in [-0.2, 0) is 4.74 Å². The molecule has 17 heavy (non-hydrogen) atoms. The number of rotatable bonds is 5. The first-order valence-electron chi connectivity index (χ1n) is 5.61. The third kappa shape index (κ3) is 3.74. The molecule has 0 aliphatic carbocycles. The number of hydrogen-bond acceptors (Lipinski definition) is 7. The van der Waals surface area contributed by atoms with Crippen LogP contribution in [0.4, 0.5) is 5.13 Å². The highest BCUT2D eigenvalue weighted by atomic mass is 32.2. The molecule has 1 aromatic rings. The Morgan fingerprint density at radius 2 is 2.24 bits per heavy atom. The van der Waals surface area contributed by atoms with E-state index in [0.29, 0.717) is 17.1 Å². The van der Waals surface area contributed by atoms with Gasteiger partial charge in [0, 0.05) is 41.9 Å². The molecule has 1 aromatic heterocycles. The van der Waals surface area contributed by atoms with Gasteiger partial charge in [0.2, 0.25) is 5.13 Å². The zero-order valence-corrected chi connectivity index (χ0v) is 12.5. The Balaban J connectivity index is 1.92. The van der Waals surface area contributed by atoms with E-state index in [1.54, 1.807) is 7.11 Å². The van der Waals surface area contributed by atoms with Gasteiger partial charge in [-0.2, -0.15) is 16.1 Å². The molecule has 1 aliphatic rings. The quantitative estimate of drug-likeness (QED) is 0.841. The summed E-state index contributed by atoms with van der Waals surface area (Å²) in [6.45, 7) is 3.74. The SMILES string of the molecule is COCCNc1nc(C2SCCSC2C)ns1. The smallest absolute Gasteiger partial charge is 0.202 e. The van der Waals surface area contributed by atoms with Gasteiger partial charge in [-0.1, -0.05) is 6.92 Å². The number of ether oxygens (including phenoxy) is 1. The van der Waals surface area contributed by atoms with Crippen molar-refractivity contribution in [1.82, 2.24) is 9.36 Å². The van der Waals surface area contributed by atoms with Crippen LogP contribution in [0.25, 0.3) is 0 Å². The first kappa shape index (κ1) is 13.5. The summed E-state index contributed by atoms with van der Waals surface area (Å²) in [7, 11) is 1.70. The molecule has 1 fully saturated rings. The second-order valence-corrected chi connectivity index (χ2v) is 7.23. The van der Waals surface area contributed by atoms with Crippen LogP contribution in [0.2, 0.25) is 0 Å². The fourth-order valence-corrected chi connectivity index (χ4v) is 4.99. The van der Waals surface area contributed by atoms with Crippen LogP contribution in [0, 0.1) is 0 Å². The summed E-state index contributed by atoms with van der Waals surface area (Å²) in [6.07, 6.45) is 0. The molecule has 0 radical (unpaired) electrons. The van der Waals surface area contributed by atoms with Crippen molar-refractivity contribution in [3.8, 4) is 0 Å². The minimum atomic E-state index is 0.447. The van der Waals surface area contributed by atoms with Crippen LogP contribution in [0.15, 0.2) is 0 Å². The molecule has 4 nitrogen and oxygen atoms in total. The molecule has 2 rings (SSSR count). The Kier molecular flexibility index (Phi) is 5.40. The van der Waals surface area contributed by atoms with Crippen molar-refractivity contribution < 1.29 is 4.74 Å². The largest absolute Gasteiger partial charge is 0.383 e. The van der Waals surface area contributed by atoms with Gasteiger partial charge in [-0.05, 0) is 0 Å². The van der Waals surface area contributed by atoms with Crippen molar-refractivity contribution in [3.05, 3.63) is 5.82 Å². The third-order valence-corrected chi connectivity index (χ3v) is 6.24. The number of hydrogen-bond donors (Lipinski definition) is 1. The Labute approximate surface area is 114 Å². The molecule has 0 amide bonds. The molecule has 2 unspecified atom stereocenters. The fraction of sp³-hybridized carbons (Fsp3) is 0.800. The van der Waals surface area contributed by atoms with Gasteiger partial charge in [-0.15, -0.1) is 11.8 Å². The van der Waals surface area contributed by atoms with Crippen molar-refractivity contribution >= 4 is 40.2 Å². The van der Waals surface area contributed by atoms with Gasteiger partial charge in [0.25, 0.3) is 0 Å². The maximum absolute atomic E-state index is 4.99. The minimum Gasteiger partial charge on any atom is -0.383 e. The average molecular weight is 291 g/mol. The molecule has 2 atom stereocenters. The van der Waals surface area contributed by atoms with Crippen molar-refractivity contribution in [3.63, 3.8) is 0 Å². The molecule has 1 aliphatic heterocycles. The lowest BCUT2D eigenvalue weighted by Gasteiger charge is -2.25. The number of anilines is 1. The predicted molar refractivity (Wildman–Crippen MR) is 77.4 cm³/mol. The molecule has 0 spiro atoms. The lowest BCUT2D eigenvalue weighted by molar-refractivity contribution is 0.211. The van der Waals surface area contributed by atoms with E-state index < -0.39 is 0 Å². The molecular weight excluding hydrogens is 274 g/mol. The Hall–Kier alpha value is 0.0200. The van der Waals surface area contributed by atoms with Crippen LogP contribution in [0.3, 0.4) is 0 Å². The van der Waals surface area contributed by atoms with E-state index in [9.17, 15) is 0 Å². The summed E-state index contributed by atoms with van der Waals surface area (Å²) in [5.74, 6) is 3.43. The summed E-state index contributed by atoms with van der Waals surface area (Å²) >= 11 is 5.43. The molecule has 0 saturated carbocycles. The number of nitrogens with one attached hydrogen (secondary N) is 1. The van der Waals surface area contributed by atoms with Crippen LogP contribution >= 0.6 is 35.1 Å². The monoisotopic (exact) mass is 291 g/mol. The molecule has 96 valence electrons. The highest BCUT2D eigenvalue weighted by molar-refractivity contribution is 8.06. The molecule has 7 heteroatoms. The van der Waals surface area contributed by atoms with Gasteiger partial charge in [0.05, 0.1) is 11.9 Å². The topological polar surface area (TPSA) is 47.0 Å². The number of methoxy groups -OCH3 is 1. The Morgan fingerprint density at radius 1 is 1.41 bits per heavy atom. The Morgan fingerprint density at radius 3 is 3.00 bits per heavy atom. The van der Waals surface area contributed by atoms with E-state index in [-0.39, 0.29) is 0 Å². The van der Waals surface area contributed by atoms with Crippen LogP contribution in [-0.4, -0.2) is 46.4 Å². The second kappa shape index (κ2) is 6.82. The van der Waals surface area contributed by atoms with Gasteiger partial charge in [0.15, 0.2) is 5.82 Å². The first-order chi connectivity index (χ1) is 8.31. The molecular formula is C10H17N3OS3. The zero-order valence-electron chi connectivity index (χ0n) is 10.0. The van der Waals surface area contributed by atoms with Gasteiger partial charge < -0.3 is 10.1 Å². The van der Waals surface area contributed by atoms with Gasteiger partial charge >= 0.3 is 0 Å². The number of aromatic nitrogens is 2. The summed E-state index contributed by atoms with van der Waals surface area (Å²) in [6, 6.07) is 0. The highest BCUT2D eigenvalue weighted by Gasteiger charge is 2.27. The standard InChI is InChI=1S/C10H17N3OS3/c1-7-8(16-6-5-15-7)9-12-10(17-13-9)11-3-4-14-2/h7-8H,3-6H2,1-2H3,(H,11,12,13). The average Bonchev–Trinajstić information content (AvgIpc) is 2.79. The summed E-state index contributed by atoms with van der Waals surface area (Å²) < 4.78 is 9.45. The third-order valence-electron chi connectivity index (χ3n) is 2.47. The minimum absolute atomic E-state index is 0.447. The number of thioether (sulfide) groups is 2.